The van der Waals surface area contributed by atoms with Crippen LogP contribution in [-0.2, 0) is 17.5 Å². The van der Waals surface area contributed by atoms with E-state index in [1.165, 1.54) is 27.1 Å². The van der Waals surface area contributed by atoms with Crippen LogP contribution in [-0.4, -0.2) is 22.4 Å². The third-order valence-electron chi connectivity index (χ3n) is 8.29. The molecule has 288 valence electrons. The zero-order valence-electron chi connectivity index (χ0n) is 34.6. The second-order valence-corrected chi connectivity index (χ2v) is 20.0. The van der Waals surface area contributed by atoms with Crippen LogP contribution in [0.15, 0.2) is 130 Å². The minimum Gasteiger partial charge on any atom is -0.489 e. The zero-order chi connectivity index (χ0) is 39.8. The van der Waals surface area contributed by atoms with Gasteiger partial charge in [-0.2, -0.15) is 0 Å². The van der Waals surface area contributed by atoms with Gasteiger partial charge in [0.1, 0.15) is 34.8 Å². The van der Waals surface area contributed by atoms with Gasteiger partial charge in [-0.15, -0.1) is 0 Å². The molecule has 6 aromatic carbocycles. The van der Waals surface area contributed by atoms with Crippen LogP contribution in [0.2, 0.25) is 0 Å². The van der Waals surface area contributed by atoms with Gasteiger partial charge in [0.2, 0.25) is 0 Å². The summed E-state index contributed by atoms with van der Waals surface area (Å²) in [6, 6.07) is 40.5. The summed E-state index contributed by atoms with van der Waals surface area (Å²) in [4.78, 5) is 3.30. The SMILES string of the molecule is CC(C)(C)Oc1ccc([S+](c2ccc(OCc3c4ccccc4cc4ccccc34)cc2)c2ccc(OC(C)(C)C)c(OC(C)(C)C)c2)cc1OC(C)(C)C. The van der Waals surface area contributed by atoms with E-state index in [1.807, 2.05) is 12.1 Å². The molecule has 0 aliphatic rings. The molecule has 0 aliphatic heterocycles. The standard InChI is InChI=1S/C49H57O5S/c1-46(2,3)51-42-27-25-37(30-44(42)53-48(7,8)9)55(38-26-28-43(52-47(4,5)6)45(31-38)54-49(10,11)12)36-23-21-35(22-24-36)50-32-41-39-19-15-13-17-33(39)29-34-18-14-16-20-40(34)41/h13-31H,32H2,1-12H3/q+1. The Balaban J connectivity index is 1.43. The summed E-state index contributed by atoms with van der Waals surface area (Å²) in [7, 11) is -0.567. The van der Waals surface area contributed by atoms with E-state index in [1.54, 1.807) is 0 Å². The van der Waals surface area contributed by atoms with E-state index in [0.29, 0.717) is 29.6 Å². The summed E-state index contributed by atoms with van der Waals surface area (Å²) in [5.74, 6) is 3.65. The number of fused-ring (bicyclic) bond motifs is 2. The number of hydrogen-bond donors (Lipinski definition) is 0. The zero-order valence-corrected chi connectivity index (χ0v) is 35.4. The first-order valence-corrected chi connectivity index (χ1v) is 20.3. The molecule has 6 aromatic rings. The van der Waals surface area contributed by atoms with E-state index < -0.39 is 33.3 Å². The fourth-order valence-electron chi connectivity index (χ4n) is 6.38. The maximum Gasteiger partial charge on any atom is 0.170 e. The van der Waals surface area contributed by atoms with Gasteiger partial charge in [-0.3, -0.25) is 0 Å². The topological polar surface area (TPSA) is 46.2 Å². The van der Waals surface area contributed by atoms with Crippen molar-refractivity contribution in [3.05, 3.63) is 121 Å². The minimum atomic E-state index is -0.567. The Morgan fingerprint density at radius 2 is 0.782 bits per heavy atom. The molecule has 0 heterocycles. The van der Waals surface area contributed by atoms with Gasteiger partial charge in [-0.05, 0) is 159 Å². The average molecular weight is 758 g/mol. The highest BCUT2D eigenvalue weighted by atomic mass is 32.2. The molecule has 0 aromatic heterocycles. The van der Waals surface area contributed by atoms with Crippen LogP contribution in [0.5, 0.6) is 28.7 Å². The molecule has 0 amide bonds. The molecular formula is C49H57O5S+. The molecule has 0 bridgehead atoms. The first kappa shape index (κ1) is 39.9. The molecule has 6 rings (SSSR count). The van der Waals surface area contributed by atoms with Gasteiger partial charge in [0.05, 0.1) is 10.9 Å². The van der Waals surface area contributed by atoms with Crippen molar-refractivity contribution in [1.29, 1.82) is 0 Å². The van der Waals surface area contributed by atoms with E-state index in [0.717, 1.165) is 20.4 Å². The second kappa shape index (κ2) is 15.4. The highest BCUT2D eigenvalue weighted by molar-refractivity contribution is 7.97. The van der Waals surface area contributed by atoms with E-state index in [4.69, 9.17) is 23.7 Å². The van der Waals surface area contributed by atoms with Crippen molar-refractivity contribution >= 4 is 32.4 Å². The van der Waals surface area contributed by atoms with Crippen molar-refractivity contribution in [2.45, 2.75) is 127 Å². The monoisotopic (exact) mass is 757 g/mol. The van der Waals surface area contributed by atoms with Crippen molar-refractivity contribution in [1.82, 2.24) is 0 Å². The predicted molar refractivity (Wildman–Crippen MR) is 229 cm³/mol. The van der Waals surface area contributed by atoms with Crippen LogP contribution < -0.4 is 23.7 Å². The predicted octanol–water partition coefficient (Wildman–Crippen LogP) is 13.4. The lowest BCUT2D eigenvalue weighted by atomic mass is 9.97. The van der Waals surface area contributed by atoms with Crippen LogP contribution in [0.1, 0.15) is 88.6 Å². The molecule has 0 radical (unpaired) electrons. The van der Waals surface area contributed by atoms with Crippen molar-refractivity contribution in [3.63, 3.8) is 0 Å². The van der Waals surface area contributed by atoms with Crippen LogP contribution in [0.25, 0.3) is 21.5 Å². The summed E-state index contributed by atoms with van der Waals surface area (Å²) in [5.41, 5.74) is -0.460. The van der Waals surface area contributed by atoms with E-state index >= 15 is 0 Å². The van der Waals surface area contributed by atoms with Crippen LogP contribution >= 0.6 is 0 Å². The molecule has 5 nitrogen and oxygen atoms in total. The second-order valence-electron chi connectivity index (χ2n) is 17.9. The molecule has 0 spiro atoms. The lowest BCUT2D eigenvalue weighted by Crippen LogP contribution is -2.27. The largest absolute Gasteiger partial charge is 0.489 e. The van der Waals surface area contributed by atoms with Crippen molar-refractivity contribution in [2.24, 2.45) is 0 Å². The summed E-state index contributed by atoms with van der Waals surface area (Å²) < 4.78 is 32.5. The lowest BCUT2D eigenvalue weighted by molar-refractivity contribution is 0.0953. The molecule has 0 saturated carbocycles. The Kier molecular flexibility index (Phi) is 11.1. The van der Waals surface area contributed by atoms with Crippen molar-refractivity contribution < 1.29 is 23.7 Å². The summed E-state index contributed by atoms with van der Waals surface area (Å²) >= 11 is 0. The van der Waals surface area contributed by atoms with Gasteiger partial charge in [-0.1, -0.05) is 48.5 Å². The highest BCUT2D eigenvalue weighted by Gasteiger charge is 2.34. The smallest absolute Gasteiger partial charge is 0.170 e. The summed E-state index contributed by atoms with van der Waals surface area (Å²) in [6.45, 7) is 25.1. The Bertz CT molecular complexity index is 2130. The fourth-order valence-corrected chi connectivity index (χ4v) is 8.46. The number of ether oxygens (including phenoxy) is 5. The molecule has 0 N–H and O–H groups in total. The summed E-state index contributed by atoms with van der Waals surface area (Å²) in [5, 5.41) is 4.83. The normalized spacial score (nSPS) is 12.6. The Hall–Kier alpha value is -4.81. The first-order chi connectivity index (χ1) is 25.7. The molecule has 0 fully saturated rings. The van der Waals surface area contributed by atoms with Crippen LogP contribution in [0, 0.1) is 0 Å². The van der Waals surface area contributed by atoms with E-state index in [9.17, 15) is 0 Å². The quantitative estimate of drug-likeness (QED) is 0.103. The first-order valence-electron chi connectivity index (χ1n) is 19.1. The number of rotatable bonds is 10. The van der Waals surface area contributed by atoms with E-state index in [-0.39, 0.29) is 0 Å². The Morgan fingerprint density at radius 1 is 0.400 bits per heavy atom. The summed E-state index contributed by atoms with van der Waals surface area (Å²) in [6.07, 6.45) is 0. The van der Waals surface area contributed by atoms with Gasteiger partial charge in [0, 0.05) is 17.7 Å². The van der Waals surface area contributed by atoms with E-state index in [2.05, 4.69) is 186 Å². The number of hydrogen-bond acceptors (Lipinski definition) is 5. The Morgan fingerprint density at radius 3 is 1.20 bits per heavy atom. The fraction of sp³-hybridized carbons (Fsp3) is 0.347. The lowest BCUT2D eigenvalue weighted by Gasteiger charge is -2.28. The molecular weight excluding hydrogens is 701 g/mol. The van der Waals surface area contributed by atoms with Crippen LogP contribution in [0.3, 0.4) is 0 Å². The maximum atomic E-state index is 6.57. The molecule has 0 unspecified atom stereocenters. The van der Waals surface area contributed by atoms with Gasteiger partial charge in [-0.25, -0.2) is 0 Å². The minimum absolute atomic E-state index is 0.393. The third-order valence-corrected chi connectivity index (χ3v) is 10.5. The maximum absolute atomic E-state index is 6.57. The Labute approximate surface area is 331 Å². The molecule has 0 saturated heterocycles. The molecule has 55 heavy (non-hydrogen) atoms. The van der Waals surface area contributed by atoms with Crippen molar-refractivity contribution in [2.75, 3.05) is 0 Å². The van der Waals surface area contributed by atoms with Crippen LogP contribution in [0.4, 0.5) is 0 Å². The third kappa shape index (κ3) is 10.5. The van der Waals surface area contributed by atoms with Gasteiger partial charge in [0.25, 0.3) is 0 Å². The van der Waals surface area contributed by atoms with Gasteiger partial charge in [0.15, 0.2) is 37.7 Å². The molecule has 6 heteroatoms. The molecule has 0 atom stereocenters. The number of benzene rings is 6. The van der Waals surface area contributed by atoms with Gasteiger partial charge < -0.3 is 23.7 Å². The molecule has 0 aliphatic carbocycles. The average Bonchev–Trinajstić information content (AvgIpc) is 3.07. The highest BCUT2D eigenvalue weighted by Crippen LogP contribution is 2.43. The van der Waals surface area contributed by atoms with Crippen molar-refractivity contribution in [3.8, 4) is 28.7 Å². The van der Waals surface area contributed by atoms with Gasteiger partial charge >= 0.3 is 0 Å².